The van der Waals surface area contributed by atoms with Crippen LogP contribution in [0.1, 0.15) is 11.4 Å². The van der Waals surface area contributed by atoms with Crippen molar-refractivity contribution in [2.75, 3.05) is 100.0 Å². The van der Waals surface area contributed by atoms with Crippen LogP contribution in [-0.2, 0) is 32.5 Å². The van der Waals surface area contributed by atoms with Gasteiger partial charge in [0.1, 0.15) is 5.69 Å². The Morgan fingerprint density at radius 2 is 0.735 bits per heavy atom. The summed E-state index contributed by atoms with van der Waals surface area (Å²) in [6.07, 6.45) is -9.78. The van der Waals surface area contributed by atoms with E-state index in [1.165, 1.54) is 0 Å². The molecular formula is C20H51F6IrN2P5+4. The molecule has 0 saturated carbocycles. The molecule has 1 heterocycles. The standard InChI is InChI=1S/C5HF6N2.5C3H9P.Ir/c6-4(7,8)2-1-3(13-12-2)5(9,10)11;5*1-4(2)3;/h1H;5*1-3H3;/q-1;;;;;;/p+5. The largest absolute Gasteiger partial charge is 0.571 e. The van der Waals surface area contributed by atoms with Gasteiger partial charge in [-0.25, -0.2) is 0 Å². The van der Waals surface area contributed by atoms with Gasteiger partial charge in [0.2, 0.25) is 0 Å². The van der Waals surface area contributed by atoms with Crippen LogP contribution in [0.15, 0.2) is 6.07 Å². The van der Waals surface area contributed by atoms with Crippen molar-refractivity contribution >= 4 is 39.6 Å². The fourth-order valence-electron chi connectivity index (χ4n) is 0.572. The van der Waals surface area contributed by atoms with Gasteiger partial charge in [0.05, 0.1) is 0 Å². The summed E-state index contributed by atoms with van der Waals surface area (Å²) in [7, 11) is 0.602. The van der Waals surface area contributed by atoms with Gasteiger partial charge in [-0.3, -0.25) is 0 Å². The fraction of sp³-hybridized carbons (Fsp3) is 0.850. The van der Waals surface area contributed by atoms with E-state index in [2.05, 4.69) is 110 Å². The predicted octanol–water partition coefficient (Wildman–Crippen LogP) is 7.52. The first kappa shape index (κ1) is 48.6. The van der Waals surface area contributed by atoms with Crippen LogP contribution in [0.3, 0.4) is 0 Å². The van der Waals surface area contributed by atoms with E-state index in [0.29, 0.717) is 0 Å². The quantitative estimate of drug-likeness (QED) is 0.201. The summed E-state index contributed by atoms with van der Waals surface area (Å²) in [5, 5.41) is 4.72. The minimum absolute atomic E-state index is 0. The van der Waals surface area contributed by atoms with Gasteiger partial charge in [-0.2, -0.15) is 26.3 Å². The number of aromatic nitrogens is 2. The zero-order chi connectivity index (χ0) is 28.2. The smallest absolute Gasteiger partial charge is 0.431 e. The summed E-state index contributed by atoms with van der Waals surface area (Å²) in [4.78, 5) is 0. The number of hydrogen-bond donors (Lipinski definition) is 0. The van der Waals surface area contributed by atoms with Crippen molar-refractivity contribution in [3.05, 3.63) is 17.5 Å². The molecule has 0 unspecified atom stereocenters. The van der Waals surface area contributed by atoms with E-state index in [9.17, 15) is 26.3 Å². The Hall–Kier alpha value is 1.59. The molecular weight excluding hydrogens is 729 g/mol. The summed E-state index contributed by atoms with van der Waals surface area (Å²) in [5.74, 6) is 0. The average Bonchev–Trinajstić information content (AvgIpc) is 2.93. The number of halogens is 6. The molecule has 0 aliphatic carbocycles. The third kappa shape index (κ3) is 69.9. The number of hydrogen-bond acceptors (Lipinski definition) is 1. The summed E-state index contributed by atoms with van der Waals surface area (Å²) >= 11 is 0. The molecule has 1 aromatic rings. The SMILES string of the molecule is C[PH+](C)C.C[PH+](C)C.C[PH+](C)C.C[PH+](C)C.C[PH+](C)C.FC(F)(F)c1cc(C(F)(F)F)[n-]n1.[Ir]. The third-order valence-electron chi connectivity index (χ3n) is 1.12. The van der Waals surface area contributed by atoms with Crippen LogP contribution in [0, 0.1) is 0 Å². The molecule has 213 valence electrons. The Morgan fingerprint density at radius 1 is 0.529 bits per heavy atom. The third-order valence-corrected chi connectivity index (χ3v) is 1.12. The summed E-state index contributed by atoms with van der Waals surface area (Å²) in [6.45, 7) is 34.0. The van der Waals surface area contributed by atoms with Gasteiger partial charge in [-0.15, -0.1) is 0 Å². The molecule has 34 heavy (non-hydrogen) atoms. The molecule has 0 aliphatic heterocycles. The van der Waals surface area contributed by atoms with Crippen molar-refractivity contribution in [2.45, 2.75) is 12.4 Å². The van der Waals surface area contributed by atoms with Gasteiger partial charge in [0.15, 0.2) is 0 Å². The summed E-state index contributed by atoms with van der Waals surface area (Å²) in [6, 6.07) is -0.139. The molecule has 0 aliphatic rings. The average molecular weight is 781 g/mol. The Morgan fingerprint density at radius 3 is 0.824 bits per heavy atom. The normalized spacial score (nSPS) is 10.4. The Bertz CT molecular complexity index is 447. The first-order valence-corrected chi connectivity index (χ1v) is 25.4. The van der Waals surface area contributed by atoms with Gasteiger partial charge >= 0.3 is 12.4 Å². The van der Waals surface area contributed by atoms with Gasteiger partial charge in [-0.1, -0.05) is 0 Å². The maximum atomic E-state index is 11.7. The molecule has 0 fully saturated rings. The van der Waals surface area contributed by atoms with Gasteiger partial charge < -0.3 is 10.2 Å². The minimum Gasteiger partial charge on any atom is -0.571 e. The van der Waals surface area contributed by atoms with Crippen molar-refractivity contribution in [3.8, 4) is 0 Å². The minimum atomic E-state index is -4.89. The zero-order valence-electron chi connectivity index (χ0n) is 23.6. The first-order valence-electron chi connectivity index (χ1n) is 10.4. The van der Waals surface area contributed by atoms with E-state index >= 15 is 0 Å². The molecule has 0 bridgehead atoms. The number of alkyl halides is 6. The van der Waals surface area contributed by atoms with Crippen LogP contribution in [0.2, 0.25) is 0 Å². The monoisotopic (exact) mass is 781 g/mol. The maximum absolute atomic E-state index is 11.7. The van der Waals surface area contributed by atoms with Gasteiger partial charge in [-0.05, 0) is 51.4 Å². The molecule has 14 heteroatoms. The topological polar surface area (TPSA) is 27.0 Å². The second-order valence-electron chi connectivity index (χ2n) is 9.61. The Labute approximate surface area is 225 Å². The number of nitrogens with zero attached hydrogens (tertiary/aromatic N) is 2. The van der Waals surface area contributed by atoms with Gasteiger partial charge in [0, 0.05) is 120 Å². The second-order valence-corrected chi connectivity index (χ2v) is 24.6. The number of rotatable bonds is 0. The van der Waals surface area contributed by atoms with Crippen LogP contribution in [0.25, 0.3) is 0 Å². The van der Waals surface area contributed by atoms with E-state index in [-0.39, 0.29) is 65.8 Å². The molecule has 0 saturated heterocycles. The van der Waals surface area contributed by atoms with Crippen LogP contribution < -0.4 is 5.10 Å². The molecule has 0 atom stereocenters. The molecule has 0 aromatic carbocycles. The van der Waals surface area contributed by atoms with E-state index in [1.54, 1.807) is 0 Å². The first-order chi connectivity index (χ1) is 14.4. The second kappa shape index (κ2) is 27.6. The molecule has 0 spiro atoms. The van der Waals surface area contributed by atoms with Crippen molar-refractivity contribution in [1.29, 1.82) is 0 Å². The summed E-state index contributed by atoms with van der Waals surface area (Å²) in [5.41, 5.74) is -3.28. The summed E-state index contributed by atoms with van der Waals surface area (Å²) < 4.78 is 70.3. The zero-order valence-corrected chi connectivity index (χ0v) is 31.0. The van der Waals surface area contributed by atoms with E-state index < -0.39 is 23.7 Å². The van der Waals surface area contributed by atoms with Crippen molar-refractivity contribution in [3.63, 3.8) is 0 Å². The van der Waals surface area contributed by atoms with Crippen molar-refractivity contribution in [1.82, 2.24) is 10.2 Å². The Balaban J connectivity index is -0.0000000783. The van der Waals surface area contributed by atoms with E-state index in [0.717, 1.165) is 0 Å². The Kier molecular flexibility index (Phi) is 39.5. The van der Waals surface area contributed by atoms with Crippen molar-refractivity contribution < 1.29 is 46.4 Å². The fourth-order valence-corrected chi connectivity index (χ4v) is 0.572. The predicted molar refractivity (Wildman–Crippen MR) is 158 cm³/mol. The van der Waals surface area contributed by atoms with Crippen LogP contribution in [-0.4, -0.2) is 105 Å². The molecule has 1 rings (SSSR count). The molecule has 0 amide bonds. The van der Waals surface area contributed by atoms with Crippen LogP contribution in [0.4, 0.5) is 26.3 Å². The molecule has 1 radical (unpaired) electrons. The van der Waals surface area contributed by atoms with Crippen molar-refractivity contribution in [2.24, 2.45) is 0 Å². The molecule has 0 N–H and O–H groups in total. The maximum Gasteiger partial charge on any atom is 0.431 e. The van der Waals surface area contributed by atoms with Crippen LogP contribution >= 0.6 is 39.6 Å². The van der Waals surface area contributed by atoms with E-state index in [4.69, 9.17) is 0 Å². The van der Waals surface area contributed by atoms with E-state index in [1.807, 2.05) is 0 Å². The molecule has 1 aromatic heterocycles. The van der Waals surface area contributed by atoms with Gasteiger partial charge in [0.25, 0.3) is 0 Å². The van der Waals surface area contributed by atoms with Crippen LogP contribution in [0.5, 0.6) is 0 Å². The molecule has 2 nitrogen and oxygen atoms in total.